The second-order valence-corrected chi connectivity index (χ2v) is 7.60. The standard InChI is InChI=1S/C25H25FN4O3/c26-19-8-10-20(11-9-19)30(17-24(31)32)16-18-6-12-21(13-7-18)33-15-3-14-27-25-28-22-4-1-2-5-23(22)29-25/h1-2,4-13H,3,14-17H2,(H,31,32)(H2,27,28,29). The van der Waals surface area contributed by atoms with Crippen molar-refractivity contribution in [1.29, 1.82) is 0 Å². The van der Waals surface area contributed by atoms with E-state index < -0.39 is 5.97 Å². The Kier molecular flexibility index (Phi) is 7.04. The Morgan fingerprint density at radius 2 is 1.82 bits per heavy atom. The number of carboxylic acids is 1. The average Bonchev–Trinajstić information content (AvgIpc) is 3.22. The molecule has 0 unspecified atom stereocenters. The quantitative estimate of drug-likeness (QED) is 0.289. The number of ether oxygens (including phenoxy) is 1. The van der Waals surface area contributed by atoms with Gasteiger partial charge in [-0.25, -0.2) is 9.37 Å². The van der Waals surface area contributed by atoms with Crippen molar-refractivity contribution in [3.63, 3.8) is 0 Å². The molecule has 4 rings (SSSR count). The van der Waals surface area contributed by atoms with Gasteiger partial charge in [0.2, 0.25) is 5.95 Å². The summed E-state index contributed by atoms with van der Waals surface area (Å²) in [6.45, 7) is 1.48. The molecule has 0 saturated carbocycles. The Bertz CT molecular complexity index is 1160. The molecule has 0 aliphatic carbocycles. The largest absolute Gasteiger partial charge is 0.494 e. The molecule has 0 aliphatic heterocycles. The topological polar surface area (TPSA) is 90.5 Å². The summed E-state index contributed by atoms with van der Waals surface area (Å²) in [6.07, 6.45) is 0.801. The van der Waals surface area contributed by atoms with Gasteiger partial charge in [-0.15, -0.1) is 0 Å². The van der Waals surface area contributed by atoms with E-state index in [1.165, 1.54) is 12.1 Å². The Morgan fingerprint density at radius 1 is 1.06 bits per heavy atom. The third kappa shape index (κ3) is 6.22. The van der Waals surface area contributed by atoms with Gasteiger partial charge in [-0.1, -0.05) is 24.3 Å². The van der Waals surface area contributed by atoms with Crippen LogP contribution in [0.15, 0.2) is 72.8 Å². The van der Waals surface area contributed by atoms with Gasteiger partial charge in [-0.3, -0.25) is 4.79 Å². The van der Waals surface area contributed by atoms with Crippen molar-refractivity contribution < 1.29 is 19.0 Å². The van der Waals surface area contributed by atoms with Crippen LogP contribution in [-0.2, 0) is 11.3 Å². The molecule has 1 heterocycles. The van der Waals surface area contributed by atoms with Gasteiger partial charge < -0.3 is 25.0 Å². The first-order valence-corrected chi connectivity index (χ1v) is 10.7. The minimum atomic E-state index is -0.949. The van der Waals surface area contributed by atoms with Crippen molar-refractivity contribution in [1.82, 2.24) is 9.97 Å². The number of aromatic amines is 1. The van der Waals surface area contributed by atoms with Gasteiger partial charge in [0.05, 0.1) is 17.6 Å². The smallest absolute Gasteiger partial charge is 0.323 e. The minimum Gasteiger partial charge on any atom is -0.494 e. The van der Waals surface area contributed by atoms with E-state index in [4.69, 9.17) is 4.74 Å². The fourth-order valence-corrected chi connectivity index (χ4v) is 3.47. The number of aromatic nitrogens is 2. The van der Waals surface area contributed by atoms with Crippen molar-refractivity contribution in [2.75, 3.05) is 29.9 Å². The summed E-state index contributed by atoms with van der Waals surface area (Å²) in [5.41, 5.74) is 3.51. The summed E-state index contributed by atoms with van der Waals surface area (Å²) in [5.74, 6) is 0.181. The molecule has 8 heteroatoms. The lowest BCUT2D eigenvalue weighted by Crippen LogP contribution is -2.29. The molecular formula is C25H25FN4O3. The van der Waals surface area contributed by atoms with E-state index in [-0.39, 0.29) is 12.4 Å². The maximum Gasteiger partial charge on any atom is 0.323 e. The van der Waals surface area contributed by atoms with E-state index in [1.807, 2.05) is 48.5 Å². The zero-order valence-corrected chi connectivity index (χ0v) is 18.0. The Morgan fingerprint density at radius 3 is 2.55 bits per heavy atom. The molecule has 0 atom stereocenters. The van der Waals surface area contributed by atoms with Crippen molar-refractivity contribution in [3.05, 3.63) is 84.2 Å². The Hall–Kier alpha value is -4.07. The van der Waals surface area contributed by atoms with Crippen LogP contribution >= 0.6 is 0 Å². The number of fused-ring (bicyclic) bond motifs is 1. The third-order valence-electron chi connectivity index (χ3n) is 5.09. The third-order valence-corrected chi connectivity index (χ3v) is 5.09. The molecule has 4 aromatic rings. The number of carboxylic acid groups (broad SMARTS) is 1. The van der Waals surface area contributed by atoms with E-state index in [0.717, 1.165) is 41.3 Å². The number of nitrogens with zero attached hydrogens (tertiary/aromatic N) is 2. The number of hydrogen-bond acceptors (Lipinski definition) is 5. The second kappa shape index (κ2) is 10.5. The molecule has 3 N–H and O–H groups in total. The molecule has 1 aromatic heterocycles. The average molecular weight is 448 g/mol. The van der Waals surface area contributed by atoms with Crippen LogP contribution in [0.5, 0.6) is 5.75 Å². The number of carbonyl (C=O) groups is 1. The van der Waals surface area contributed by atoms with Crippen LogP contribution in [0.1, 0.15) is 12.0 Å². The Labute approximate surface area is 190 Å². The molecule has 0 saturated heterocycles. The number of halogens is 1. The number of hydrogen-bond donors (Lipinski definition) is 3. The zero-order chi connectivity index (χ0) is 23.0. The SMILES string of the molecule is O=C(O)CN(Cc1ccc(OCCCNc2nc3ccccc3[nH]2)cc1)c1ccc(F)cc1. The number of imidazole rings is 1. The highest BCUT2D eigenvalue weighted by atomic mass is 19.1. The number of benzene rings is 3. The second-order valence-electron chi connectivity index (χ2n) is 7.60. The summed E-state index contributed by atoms with van der Waals surface area (Å²) < 4.78 is 19.0. The lowest BCUT2D eigenvalue weighted by atomic mass is 10.2. The van der Waals surface area contributed by atoms with E-state index in [2.05, 4.69) is 15.3 Å². The van der Waals surface area contributed by atoms with Gasteiger partial charge in [0, 0.05) is 18.8 Å². The molecule has 7 nitrogen and oxygen atoms in total. The Balaban J connectivity index is 1.24. The van der Waals surface area contributed by atoms with E-state index >= 15 is 0 Å². The lowest BCUT2D eigenvalue weighted by Gasteiger charge is -2.23. The predicted molar refractivity (Wildman–Crippen MR) is 126 cm³/mol. The number of para-hydroxylation sites is 2. The maximum absolute atomic E-state index is 13.2. The lowest BCUT2D eigenvalue weighted by molar-refractivity contribution is -0.135. The highest BCUT2D eigenvalue weighted by Gasteiger charge is 2.12. The molecule has 33 heavy (non-hydrogen) atoms. The van der Waals surface area contributed by atoms with Crippen LogP contribution < -0.4 is 15.0 Å². The molecule has 0 amide bonds. The number of H-pyrrole nitrogens is 1. The molecule has 0 aliphatic rings. The molecule has 0 spiro atoms. The normalized spacial score (nSPS) is 10.8. The number of nitrogens with one attached hydrogen (secondary N) is 2. The molecule has 0 radical (unpaired) electrons. The summed E-state index contributed by atoms with van der Waals surface area (Å²) in [5, 5.41) is 12.5. The predicted octanol–water partition coefficient (Wildman–Crippen LogP) is 4.67. The minimum absolute atomic E-state index is 0.178. The maximum atomic E-state index is 13.2. The van der Waals surface area contributed by atoms with Crippen molar-refractivity contribution in [3.8, 4) is 5.75 Å². The summed E-state index contributed by atoms with van der Waals surface area (Å²) in [4.78, 5) is 20.6. The highest BCUT2D eigenvalue weighted by Crippen LogP contribution is 2.20. The van der Waals surface area contributed by atoms with Crippen molar-refractivity contribution in [2.24, 2.45) is 0 Å². The van der Waals surface area contributed by atoms with Crippen LogP contribution in [0.2, 0.25) is 0 Å². The highest BCUT2D eigenvalue weighted by molar-refractivity contribution is 5.77. The first-order valence-electron chi connectivity index (χ1n) is 10.7. The first kappa shape index (κ1) is 22.1. The zero-order valence-electron chi connectivity index (χ0n) is 18.0. The molecule has 0 fully saturated rings. The molecule has 0 bridgehead atoms. The van der Waals surface area contributed by atoms with Gasteiger partial charge in [0.25, 0.3) is 0 Å². The van der Waals surface area contributed by atoms with E-state index in [0.29, 0.717) is 18.8 Å². The van der Waals surface area contributed by atoms with Crippen LogP contribution in [0.25, 0.3) is 11.0 Å². The van der Waals surface area contributed by atoms with Gasteiger partial charge in [0.15, 0.2) is 0 Å². The molecule has 170 valence electrons. The van der Waals surface area contributed by atoms with Crippen molar-refractivity contribution >= 4 is 28.6 Å². The van der Waals surface area contributed by atoms with E-state index in [9.17, 15) is 14.3 Å². The van der Waals surface area contributed by atoms with Gasteiger partial charge in [-0.05, 0) is 60.5 Å². The van der Waals surface area contributed by atoms with Crippen LogP contribution in [0, 0.1) is 5.82 Å². The summed E-state index contributed by atoms with van der Waals surface area (Å²) in [6, 6.07) is 21.2. The first-order chi connectivity index (χ1) is 16.1. The fraction of sp³-hybridized carbons (Fsp3) is 0.200. The summed E-state index contributed by atoms with van der Waals surface area (Å²) in [7, 11) is 0. The van der Waals surface area contributed by atoms with Gasteiger partial charge in [-0.2, -0.15) is 0 Å². The number of anilines is 2. The number of aliphatic carboxylic acids is 1. The van der Waals surface area contributed by atoms with Crippen LogP contribution in [0.3, 0.4) is 0 Å². The number of rotatable bonds is 11. The molecular weight excluding hydrogens is 423 g/mol. The van der Waals surface area contributed by atoms with Crippen LogP contribution in [0.4, 0.5) is 16.0 Å². The van der Waals surface area contributed by atoms with Crippen LogP contribution in [-0.4, -0.2) is 40.7 Å². The molecule has 3 aromatic carbocycles. The van der Waals surface area contributed by atoms with Crippen molar-refractivity contribution in [2.45, 2.75) is 13.0 Å². The monoisotopic (exact) mass is 448 g/mol. The van der Waals surface area contributed by atoms with E-state index in [1.54, 1.807) is 17.0 Å². The summed E-state index contributed by atoms with van der Waals surface area (Å²) >= 11 is 0. The van der Waals surface area contributed by atoms with Gasteiger partial charge >= 0.3 is 5.97 Å². The van der Waals surface area contributed by atoms with Gasteiger partial charge in [0.1, 0.15) is 18.1 Å². The fourth-order valence-electron chi connectivity index (χ4n) is 3.47.